The van der Waals surface area contributed by atoms with Crippen LogP contribution < -0.4 is 0 Å². The molecule has 0 heteroatoms. The van der Waals surface area contributed by atoms with Crippen molar-refractivity contribution >= 4 is 17.2 Å². The minimum absolute atomic E-state index is 0.437. The van der Waals surface area contributed by atoms with Crippen LogP contribution in [0.3, 0.4) is 0 Å². The fourth-order valence-corrected chi connectivity index (χ4v) is 9.24. The Balaban J connectivity index is 1.19. The van der Waals surface area contributed by atoms with Gasteiger partial charge in [0.25, 0.3) is 0 Å². The molecule has 0 radical (unpaired) electrons. The fourth-order valence-electron chi connectivity index (χ4n) is 9.24. The van der Waals surface area contributed by atoms with Crippen molar-refractivity contribution in [2.45, 2.75) is 32.6 Å². The zero-order valence-corrected chi connectivity index (χ0v) is 33.0. The van der Waals surface area contributed by atoms with Crippen LogP contribution in [0.25, 0.3) is 50.6 Å². The molecule has 6 aromatic rings. The van der Waals surface area contributed by atoms with Crippen molar-refractivity contribution in [2.75, 3.05) is 0 Å². The molecule has 274 valence electrons. The largest absolute Gasteiger partial charge is 0.0987 e. The van der Waals surface area contributed by atoms with E-state index in [1.807, 2.05) is 6.92 Å². The zero-order chi connectivity index (χ0) is 38.9. The number of rotatable bonds is 8. The Bertz CT molecular complexity index is 2740. The number of hydrogen-bond donors (Lipinski definition) is 0. The van der Waals surface area contributed by atoms with Crippen LogP contribution in [-0.4, -0.2) is 0 Å². The Morgan fingerprint density at radius 1 is 0.614 bits per heavy atom. The minimum Gasteiger partial charge on any atom is -0.0987 e. The van der Waals surface area contributed by atoms with E-state index in [2.05, 4.69) is 221 Å². The van der Waals surface area contributed by atoms with Crippen LogP contribution in [0.15, 0.2) is 212 Å². The molecule has 0 nitrogen and oxygen atoms in total. The fraction of sp³-hybridized carbons (Fsp3) is 0.0877. The van der Waals surface area contributed by atoms with Gasteiger partial charge >= 0.3 is 0 Å². The molecule has 1 spiro atoms. The molecule has 3 aliphatic carbocycles. The third kappa shape index (κ3) is 6.19. The van der Waals surface area contributed by atoms with Gasteiger partial charge in [0.1, 0.15) is 0 Å². The van der Waals surface area contributed by atoms with Crippen LogP contribution in [0, 0.1) is 13.8 Å². The number of hydrogen-bond acceptors (Lipinski definition) is 0. The highest BCUT2D eigenvalue weighted by molar-refractivity contribution is 5.99. The lowest BCUT2D eigenvalue weighted by Gasteiger charge is -2.31. The Hall–Kier alpha value is -6.76. The molecule has 0 N–H and O–H groups in total. The standard InChI is InChI=1S/C57H46/c1-5-7-10-23-44(43-21-13-9-14-22-43)34-42-30-28-39(3)49(36-42)50-37-45(31-29-40(50)4)46-32-33-56-52(38-46)51(35-41-19-11-8-12-20-41)53(6-2)57(56)54-26-17-15-24-47(54)48-25-16-18-27-55(48)57/h5-19,21-38H,2,20H2,1,3-4H3/b7-5+,23-10-,41-35-,44-34+. The van der Waals surface area contributed by atoms with E-state index in [-0.39, 0.29) is 0 Å². The summed E-state index contributed by atoms with van der Waals surface area (Å²) in [4.78, 5) is 0. The molecule has 0 aliphatic heterocycles. The van der Waals surface area contributed by atoms with Gasteiger partial charge in [-0.15, -0.1) is 0 Å². The van der Waals surface area contributed by atoms with Gasteiger partial charge in [-0.2, -0.15) is 0 Å². The van der Waals surface area contributed by atoms with Crippen molar-refractivity contribution in [1.82, 2.24) is 0 Å². The average Bonchev–Trinajstić information content (AvgIpc) is 3.70. The molecular formula is C57H46. The minimum atomic E-state index is -0.437. The van der Waals surface area contributed by atoms with E-state index in [9.17, 15) is 0 Å². The molecule has 0 heterocycles. The Morgan fingerprint density at radius 3 is 1.93 bits per heavy atom. The number of fused-ring (bicyclic) bond motifs is 7. The van der Waals surface area contributed by atoms with Crippen molar-refractivity contribution in [1.29, 1.82) is 0 Å². The monoisotopic (exact) mass is 730 g/mol. The normalized spacial score (nSPS) is 15.9. The van der Waals surface area contributed by atoms with Crippen LogP contribution in [0.2, 0.25) is 0 Å². The van der Waals surface area contributed by atoms with Crippen LogP contribution >= 0.6 is 0 Å². The van der Waals surface area contributed by atoms with Crippen molar-refractivity contribution in [3.05, 3.63) is 256 Å². The van der Waals surface area contributed by atoms with Gasteiger partial charge in [-0.1, -0.05) is 183 Å². The van der Waals surface area contributed by atoms with Gasteiger partial charge in [0, 0.05) is 0 Å². The van der Waals surface area contributed by atoms with Gasteiger partial charge in [0.2, 0.25) is 0 Å². The summed E-state index contributed by atoms with van der Waals surface area (Å²) in [6.45, 7) is 11.0. The van der Waals surface area contributed by atoms with Crippen LogP contribution in [0.4, 0.5) is 0 Å². The second-order valence-corrected chi connectivity index (χ2v) is 15.3. The summed E-state index contributed by atoms with van der Waals surface area (Å²) < 4.78 is 0. The SMILES string of the molecule is C=CC1=C(/C=C2/C=CC=CC2)c2cc(-c3ccc(C)c(-c4cc(\C=C(/C=C\C=C\C)c5ccccc5)ccc4C)c3)ccc2C12c1ccccc1-c1ccccc12. The second-order valence-electron chi connectivity index (χ2n) is 15.3. The predicted molar refractivity (Wildman–Crippen MR) is 245 cm³/mol. The quantitative estimate of drug-likeness (QED) is 0.108. The van der Waals surface area contributed by atoms with Gasteiger partial charge in [0.05, 0.1) is 5.41 Å². The summed E-state index contributed by atoms with van der Waals surface area (Å²) in [5.41, 5.74) is 22.2. The van der Waals surface area contributed by atoms with Crippen molar-refractivity contribution in [3.8, 4) is 33.4 Å². The van der Waals surface area contributed by atoms with E-state index in [1.165, 1.54) is 100 Å². The van der Waals surface area contributed by atoms with E-state index >= 15 is 0 Å². The van der Waals surface area contributed by atoms with Gasteiger partial charge < -0.3 is 0 Å². The maximum absolute atomic E-state index is 4.51. The smallest absolute Gasteiger partial charge is 0.0725 e. The second kappa shape index (κ2) is 15.1. The van der Waals surface area contributed by atoms with E-state index in [0.717, 1.165) is 6.42 Å². The summed E-state index contributed by atoms with van der Waals surface area (Å²) in [7, 11) is 0. The number of aryl methyl sites for hydroxylation is 2. The molecule has 0 unspecified atom stereocenters. The van der Waals surface area contributed by atoms with E-state index in [0.29, 0.717) is 0 Å². The highest BCUT2D eigenvalue weighted by atomic mass is 14.5. The van der Waals surface area contributed by atoms with Gasteiger partial charge in [0.15, 0.2) is 0 Å². The lowest BCUT2D eigenvalue weighted by Crippen LogP contribution is -2.26. The first-order valence-electron chi connectivity index (χ1n) is 20.0. The molecule has 0 saturated heterocycles. The predicted octanol–water partition coefficient (Wildman–Crippen LogP) is 15.0. The first-order valence-corrected chi connectivity index (χ1v) is 20.0. The summed E-state index contributed by atoms with van der Waals surface area (Å²) >= 11 is 0. The van der Waals surface area contributed by atoms with Crippen molar-refractivity contribution < 1.29 is 0 Å². The Morgan fingerprint density at radius 2 is 1.25 bits per heavy atom. The lowest BCUT2D eigenvalue weighted by atomic mass is 9.69. The number of allylic oxidation sites excluding steroid dienone is 14. The van der Waals surface area contributed by atoms with Crippen molar-refractivity contribution in [3.63, 3.8) is 0 Å². The molecule has 3 aliphatic rings. The first kappa shape index (κ1) is 35.9. The lowest BCUT2D eigenvalue weighted by molar-refractivity contribution is 0.787. The average molecular weight is 731 g/mol. The molecular weight excluding hydrogens is 685 g/mol. The van der Waals surface area contributed by atoms with Crippen LogP contribution in [-0.2, 0) is 5.41 Å². The highest BCUT2D eigenvalue weighted by Crippen LogP contribution is 2.62. The van der Waals surface area contributed by atoms with Crippen LogP contribution in [0.1, 0.15) is 57.9 Å². The zero-order valence-electron chi connectivity index (χ0n) is 33.0. The van der Waals surface area contributed by atoms with Crippen LogP contribution in [0.5, 0.6) is 0 Å². The molecule has 0 bridgehead atoms. The number of benzene rings is 6. The molecule has 0 atom stereocenters. The van der Waals surface area contributed by atoms with Gasteiger partial charge in [-0.25, -0.2) is 0 Å². The topological polar surface area (TPSA) is 0 Å². The molecule has 57 heavy (non-hydrogen) atoms. The summed E-state index contributed by atoms with van der Waals surface area (Å²) in [5.74, 6) is 0. The molecule has 9 rings (SSSR count). The molecule has 0 fully saturated rings. The first-order chi connectivity index (χ1) is 28.0. The summed E-state index contributed by atoms with van der Waals surface area (Å²) in [5, 5.41) is 0. The van der Waals surface area contributed by atoms with Gasteiger partial charge in [-0.05, 0) is 152 Å². The third-order valence-electron chi connectivity index (χ3n) is 11.9. The van der Waals surface area contributed by atoms with E-state index in [1.54, 1.807) is 0 Å². The maximum Gasteiger partial charge on any atom is 0.0725 e. The molecule has 0 aromatic heterocycles. The maximum atomic E-state index is 4.51. The Labute approximate surface area is 338 Å². The summed E-state index contributed by atoms with van der Waals surface area (Å²) in [6, 6.07) is 49.6. The third-order valence-corrected chi connectivity index (χ3v) is 11.9. The summed E-state index contributed by atoms with van der Waals surface area (Å²) in [6.07, 6.45) is 25.0. The molecule has 0 amide bonds. The van der Waals surface area contributed by atoms with Gasteiger partial charge in [-0.3, -0.25) is 0 Å². The Kier molecular flexibility index (Phi) is 9.49. The van der Waals surface area contributed by atoms with E-state index in [4.69, 9.17) is 0 Å². The molecule has 0 saturated carbocycles. The van der Waals surface area contributed by atoms with Crippen molar-refractivity contribution in [2.24, 2.45) is 0 Å². The van der Waals surface area contributed by atoms with E-state index < -0.39 is 5.41 Å². The highest BCUT2D eigenvalue weighted by Gasteiger charge is 2.51. The molecule has 6 aromatic carbocycles.